The van der Waals surface area contributed by atoms with Gasteiger partial charge in [-0.2, -0.15) is 0 Å². The number of carboxylic acids is 1. The van der Waals surface area contributed by atoms with Gasteiger partial charge in [0.25, 0.3) is 0 Å². The van der Waals surface area contributed by atoms with Crippen molar-refractivity contribution in [3.63, 3.8) is 0 Å². The summed E-state index contributed by atoms with van der Waals surface area (Å²) in [5, 5.41) is 16.3. The number of carboxylic acid groups (broad SMARTS) is 1. The Morgan fingerprint density at radius 3 is 2.46 bits per heavy atom. The molecule has 2 atom stereocenters. The predicted octanol–water partition coefficient (Wildman–Crippen LogP) is 4.59. The van der Waals surface area contributed by atoms with Gasteiger partial charge in [0.2, 0.25) is 5.91 Å². The second-order valence-corrected chi connectivity index (χ2v) is 9.96. The molecule has 1 aliphatic heterocycles. The number of hydrogen-bond donors (Lipinski definition) is 3. The summed E-state index contributed by atoms with van der Waals surface area (Å²) in [4.78, 5) is 23.8. The summed E-state index contributed by atoms with van der Waals surface area (Å²) in [6.45, 7) is 6.92. The minimum Gasteiger partial charge on any atom is -0.480 e. The normalized spacial score (nSPS) is 21.5. The van der Waals surface area contributed by atoms with Crippen LogP contribution in [0.25, 0.3) is 11.1 Å². The fourth-order valence-electron chi connectivity index (χ4n) is 5.34. The van der Waals surface area contributed by atoms with Gasteiger partial charge in [0.15, 0.2) is 0 Å². The Balaban J connectivity index is 1.64. The Labute approximate surface area is 207 Å². The van der Waals surface area contributed by atoms with Crippen LogP contribution in [-0.2, 0) is 25.7 Å². The summed E-state index contributed by atoms with van der Waals surface area (Å²) in [5.74, 6) is -0.899. The molecule has 0 spiro atoms. The summed E-state index contributed by atoms with van der Waals surface area (Å²) < 4.78 is 11.8. The highest BCUT2D eigenvalue weighted by molar-refractivity contribution is 5.83. The molecule has 1 heterocycles. The standard InChI is InChI=1S/C28H36N2O5/c1-18-13-19(2)15-21(14-18)24-8-7-23(30-28(27(32)33)9-11-34-12-10-28)16-22(24)17-35-26-6-4-5-25(26)29-20(3)31/h7-8,13-16,25-26,30H,4-6,9-12,17H2,1-3H3,(H,29,31)(H,32,33)/t25-,26+/m1/s1. The minimum atomic E-state index is -1.04. The average Bonchev–Trinajstić information content (AvgIpc) is 3.24. The first-order valence-corrected chi connectivity index (χ1v) is 12.5. The molecule has 2 aromatic rings. The lowest BCUT2D eigenvalue weighted by Gasteiger charge is -2.35. The van der Waals surface area contributed by atoms with Crippen molar-refractivity contribution in [3.8, 4) is 11.1 Å². The van der Waals surface area contributed by atoms with Gasteiger partial charge in [0, 0.05) is 38.7 Å². The predicted molar refractivity (Wildman–Crippen MR) is 135 cm³/mol. The molecule has 1 saturated heterocycles. The van der Waals surface area contributed by atoms with Gasteiger partial charge in [-0.3, -0.25) is 4.79 Å². The maximum absolute atomic E-state index is 12.2. The molecule has 1 aliphatic carbocycles. The smallest absolute Gasteiger partial charge is 0.329 e. The SMILES string of the molecule is CC(=O)N[C@@H]1CCC[C@@H]1OCc1cc(NC2(C(=O)O)CCOCC2)ccc1-c1cc(C)cc(C)c1. The van der Waals surface area contributed by atoms with Crippen LogP contribution in [0.15, 0.2) is 36.4 Å². The third-order valence-electron chi connectivity index (χ3n) is 7.07. The third-order valence-corrected chi connectivity index (χ3v) is 7.07. The number of ether oxygens (including phenoxy) is 2. The molecule has 0 aromatic heterocycles. The molecule has 1 saturated carbocycles. The Hall–Kier alpha value is -2.90. The van der Waals surface area contributed by atoms with E-state index in [4.69, 9.17) is 9.47 Å². The second-order valence-electron chi connectivity index (χ2n) is 9.96. The number of aryl methyl sites for hydroxylation is 2. The van der Waals surface area contributed by atoms with Crippen molar-refractivity contribution in [3.05, 3.63) is 53.1 Å². The van der Waals surface area contributed by atoms with E-state index in [1.54, 1.807) is 0 Å². The first-order chi connectivity index (χ1) is 16.8. The van der Waals surface area contributed by atoms with E-state index < -0.39 is 11.5 Å². The number of benzene rings is 2. The Morgan fingerprint density at radius 1 is 1.09 bits per heavy atom. The van der Waals surface area contributed by atoms with Crippen LogP contribution >= 0.6 is 0 Å². The van der Waals surface area contributed by atoms with Crippen LogP contribution < -0.4 is 10.6 Å². The number of nitrogens with one attached hydrogen (secondary N) is 2. The van der Waals surface area contributed by atoms with Crippen molar-refractivity contribution < 1.29 is 24.2 Å². The molecule has 35 heavy (non-hydrogen) atoms. The van der Waals surface area contributed by atoms with Gasteiger partial charge in [-0.1, -0.05) is 35.4 Å². The molecule has 2 aromatic carbocycles. The highest BCUT2D eigenvalue weighted by atomic mass is 16.5. The van der Waals surface area contributed by atoms with Crippen LogP contribution in [0.2, 0.25) is 0 Å². The van der Waals surface area contributed by atoms with Gasteiger partial charge in [-0.15, -0.1) is 0 Å². The van der Waals surface area contributed by atoms with E-state index in [0.29, 0.717) is 32.7 Å². The fourth-order valence-corrected chi connectivity index (χ4v) is 5.34. The zero-order valence-electron chi connectivity index (χ0n) is 20.9. The van der Waals surface area contributed by atoms with Crippen LogP contribution in [0, 0.1) is 13.8 Å². The van der Waals surface area contributed by atoms with Crippen molar-refractivity contribution in [1.29, 1.82) is 0 Å². The van der Waals surface area contributed by atoms with Gasteiger partial charge in [0.1, 0.15) is 5.54 Å². The number of amides is 1. The first-order valence-electron chi connectivity index (χ1n) is 12.5. The van der Waals surface area contributed by atoms with Crippen molar-refractivity contribution in [2.75, 3.05) is 18.5 Å². The molecule has 188 valence electrons. The zero-order chi connectivity index (χ0) is 25.0. The van der Waals surface area contributed by atoms with Gasteiger partial charge >= 0.3 is 5.97 Å². The number of hydrogen-bond acceptors (Lipinski definition) is 5. The molecule has 7 heteroatoms. The topological polar surface area (TPSA) is 96.9 Å². The number of anilines is 1. The van der Waals surface area contributed by atoms with Crippen molar-refractivity contribution in [1.82, 2.24) is 5.32 Å². The summed E-state index contributed by atoms with van der Waals surface area (Å²) >= 11 is 0. The quantitative estimate of drug-likeness (QED) is 0.511. The third kappa shape index (κ3) is 6.03. The lowest BCUT2D eigenvalue weighted by Crippen LogP contribution is -2.50. The molecular weight excluding hydrogens is 444 g/mol. The first kappa shape index (κ1) is 25.2. The minimum absolute atomic E-state index is 0.0241. The number of carbonyl (C=O) groups is 2. The number of aliphatic carboxylic acids is 1. The molecule has 3 N–H and O–H groups in total. The molecule has 0 unspecified atom stereocenters. The molecule has 1 amide bonds. The van der Waals surface area contributed by atoms with E-state index in [1.165, 1.54) is 18.1 Å². The van der Waals surface area contributed by atoms with E-state index in [1.807, 2.05) is 18.2 Å². The lowest BCUT2D eigenvalue weighted by atomic mass is 9.89. The Morgan fingerprint density at radius 2 is 1.80 bits per heavy atom. The molecule has 7 nitrogen and oxygen atoms in total. The van der Waals surface area contributed by atoms with Crippen LogP contribution in [0.4, 0.5) is 5.69 Å². The molecule has 2 fully saturated rings. The van der Waals surface area contributed by atoms with Crippen LogP contribution in [0.1, 0.15) is 55.7 Å². The summed E-state index contributed by atoms with van der Waals surface area (Å²) in [6, 6.07) is 12.5. The molecular formula is C28H36N2O5. The number of carbonyl (C=O) groups excluding carboxylic acids is 1. The van der Waals surface area contributed by atoms with Crippen LogP contribution in [0.5, 0.6) is 0 Å². The molecule has 0 bridgehead atoms. The molecule has 2 aliphatic rings. The Bertz CT molecular complexity index is 1060. The van der Waals surface area contributed by atoms with E-state index in [2.05, 4.69) is 42.7 Å². The van der Waals surface area contributed by atoms with Gasteiger partial charge < -0.3 is 25.2 Å². The van der Waals surface area contributed by atoms with Gasteiger partial charge in [-0.05, 0) is 61.9 Å². The van der Waals surface area contributed by atoms with Crippen molar-refractivity contribution >= 4 is 17.6 Å². The fraction of sp³-hybridized carbons (Fsp3) is 0.500. The van der Waals surface area contributed by atoms with Crippen molar-refractivity contribution in [2.24, 2.45) is 0 Å². The van der Waals surface area contributed by atoms with Crippen LogP contribution in [0.3, 0.4) is 0 Å². The summed E-state index contributed by atoms with van der Waals surface area (Å²) in [7, 11) is 0. The van der Waals surface area contributed by atoms with Crippen molar-refractivity contribution in [2.45, 2.75) is 77.2 Å². The molecule has 0 radical (unpaired) electrons. The maximum atomic E-state index is 12.2. The van der Waals surface area contributed by atoms with Gasteiger partial charge in [-0.25, -0.2) is 4.79 Å². The van der Waals surface area contributed by atoms with Gasteiger partial charge in [0.05, 0.1) is 18.8 Å². The second kappa shape index (κ2) is 10.8. The number of rotatable bonds is 8. The van der Waals surface area contributed by atoms with Crippen LogP contribution in [-0.4, -0.2) is 47.9 Å². The van der Waals surface area contributed by atoms with E-state index in [0.717, 1.165) is 41.6 Å². The monoisotopic (exact) mass is 480 g/mol. The Kier molecular flexibility index (Phi) is 7.77. The summed E-state index contributed by atoms with van der Waals surface area (Å²) in [6.07, 6.45) is 3.62. The summed E-state index contributed by atoms with van der Waals surface area (Å²) in [5.41, 5.74) is 5.24. The highest BCUT2D eigenvalue weighted by Gasteiger charge is 2.40. The maximum Gasteiger partial charge on any atom is 0.329 e. The lowest BCUT2D eigenvalue weighted by molar-refractivity contribution is -0.145. The van der Waals surface area contributed by atoms with E-state index in [9.17, 15) is 14.7 Å². The average molecular weight is 481 g/mol. The van der Waals surface area contributed by atoms with E-state index >= 15 is 0 Å². The molecule has 4 rings (SSSR count). The highest BCUT2D eigenvalue weighted by Crippen LogP contribution is 2.33. The zero-order valence-corrected chi connectivity index (χ0v) is 20.9. The largest absolute Gasteiger partial charge is 0.480 e. The van der Waals surface area contributed by atoms with E-state index in [-0.39, 0.29) is 18.1 Å².